The standard InChI is InChI=1S/C21H17N5O5S/c1-13(19(27)25-21-22-11-4-12-23-21)31-20(28)14-7-9-15(10-8-14)24-18-16-5-2-3-6-17(16)32(29,30)26-18/h2-13H,1H3,(H,24,26)(H,22,23,25,27). The van der Waals surface area contributed by atoms with Crippen LogP contribution in [0.5, 0.6) is 0 Å². The molecule has 1 unspecified atom stereocenters. The highest BCUT2D eigenvalue weighted by atomic mass is 32.2. The Labute approximate surface area is 183 Å². The predicted molar refractivity (Wildman–Crippen MR) is 116 cm³/mol. The van der Waals surface area contributed by atoms with Crippen molar-refractivity contribution in [3.05, 3.63) is 78.1 Å². The molecule has 11 heteroatoms. The number of benzene rings is 2. The van der Waals surface area contributed by atoms with Crippen molar-refractivity contribution in [1.29, 1.82) is 0 Å². The molecule has 32 heavy (non-hydrogen) atoms. The summed E-state index contributed by atoms with van der Waals surface area (Å²) in [5.74, 6) is -0.958. The van der Waals surface area contributed by atoms with Crippen LogP contribution >= 0.6 is 0 Å². The van der Waals surface area contributed by atoms with E-state index >= 15 is 0 Å². The number of ether oxygens (including phenoxy) is 1. The number of carbonyl (C=O) groups excluding carboxylic acids is 2. The highest BCUT2D eigenvalue weighted by molar-refractivity contribution is 7.90. The lowest BCUT2D eigenvalue weighted by atomic mass is 10.1. The van der Waals surface area contributed by atoms with Crippen molar-refractivity contribution in [2.45, 2.75) is 17.9 Å². The number of carbonyl (C=O) groups is 2. The van der Waals surface area contributed by atoms with Crippen LogP contribution in [-0.4, -0.2) is 42.2 Å². The average molecular weight is 451 g/mol. The van der Waals surface area contributed by atoms with Gasteiger partial charge in [-0.25, -0.2) is 14.8 Å². The molecule has 0 saturated heterocycles. The highest BCUT2D eigenvalue weighted by Crippen LogP contribution is 2.26. The minimum atomic E-state index is -3.74. The van der Waals surface area contributed by atoms with Gasteiger partial charge in [0.2, 0.25) is 5.95 Å². The number of rotatable bonds is 5. The summed E-state index contributed by atoms with van der Waals surface area (Å²) in [6.45, 7) is 1.43. The first kappa shape index (κ1) is 21.1. The van der Waals surface area contributed by atoms with Crippen molar-refractivity contribution >= 4 is 39.4 Å². The van der Waals surface area contributed by atoms with E-state index in [-0.39, 0.29) is 22.2 Å². The van der Waals surface area contributed by atoms with Crippen molar-refractivity contribution in [3.63, 3.8) is 0 Å². The first-order chi connectivity index (χ1) is 15.3. The van der Waals surface area contributed by atoms with Crippen LogP contribution in [0.4, 0.5) is 11.6 Å². The third kappa shape index (κ3) is 4.47. The summed E-state index contributed by atoms with van der Waals surface area (Å²) in [7, 11) is -3.74. The normalized spacial score (nSPS) is 14.6. The lowest BCUT2D eigenvalue weighted by molar-refractivity contribution is -0.123. The number of nitrogens with zero attached hydrogens (tertiary/aromatic N) is 3. The lowest BCUT2D eigenvalue weighted by Gasteiger charge is -2.13. The highest BCUT2D eigenvalue weighted by Gasteiger charge is 2.28. The largest absolute Gasteiger partial charge is 0.449 e. The molecule has 0 bridgehead atoms. The fourth-order valence-corrected chi connectivity index (χ4v) is 4.06. The van der Waals surface area contributed by atoms with Crippen molar-refractivity contribution in [2.24, 2.45) is 4.40 Å². The lowest BCUT2D eigenvalue weighted by Crippen LogP contribution is -2.30. The van der Waals surface area contributed by atoms with E-state index in [1.165, 1.54) is 37.5 Å². The van der Waals surface area contributed by atoms with E-state index in [1.54, 1.807) is 36.4 Å². The number of anilines is 2. The Bertz CT molecular complexity index is 1310. The van der Waals surface area contributed by atoms with Crippen molar-refractivity contribution < 1.29 is 22.7 Å². The summed E-state index contributed by atoms with van der Waals surface area (Å²) in [4.78, 5) is 32.4. The minimum Gasteiger partial charge on any atom is -0.449 e. The Hall–Kier alpha value is -4.12. The van der Waals surface area contributed by atoms with Gasteiger partial charge in [-0.3, -0.25) is 10.1 Å². The number of fused-ring (bicyclic) bond motifs is 1. The topological polar surface area (TPSA) is 140 Å². The van der Waals surface area contributed by atoms with Gasteiger partial charge in [-0.15, -0.1) is 4.40 Å². The summed E-state index contributed by atoms with van der Waals surface area (Å²) in [5, 5.41) is 5.40. The molecule has 1 atom stereocenters. The van der Waals surface area contributed by atoms with Gasteiger partial charge in [0.1, 0.15) is 4.90 Å². The van der Waals surface area contributed by atoms with Gasteiger partial charge in [0.25, 0.3) is 15.9 Å². The molecule has 1 amide bonds. The molecule has 0 aliphatic carbocycles. The van der Waals surface area contributed by atoms with E-state index in [1.807, 2.05) is 0 Å². The number of amides is 1. The first-order valence-corrected chi connectivity index (χ1v) is 10.9. The van der Waals surface area contributed by atoms with Crippen LogP contribution in [0.15, 0.2) is 76.3 Å². The van der Waals surface area contributed by atoms with Gasteiger partial charge in [0.15, 0.2) is 11.9 Å². The van der Waals surface area contributed by atoms with E-state index in [4.69, 9.17) is 4.74 Å². The molecule has 10 nitrogen and oxygen atoms in total. The second-order valence-corrected chi connectivity index (χ2v) is 8.30. The second kappa shape index (κ2) is 8.55. The van der Waals surface area contributed by atoms with Gasteiger partial charge >= 0.3 is 5.97 Å². The van der Waals surface area contributed by atoms with Crippen molar-refractivity contribution in [2.75, 3.05) is 10.6 Å². The van der Waals surface area contributed by atoms with Gasteiger partial charge in [0.05, 0.1) is 5.56 Å². The molecule has 0 radical (unpaired) electrons. The van der Waals surface area contributed by atoms with E-state index in [0.29, 0.717) is 11.3 Å². The van der Waals surface area contributed by atoms with Crippen LogP contribution in [0.3, 0.4) is 0 Å². The summed E-state index contributed by atoms with van der Waals surface area (Å²) in [5.41, 5.74) is 1.21. The van der Waals surface area contributed by atoms with E-state index < -0.39 is 28.0 Å². The van der Waals surface area contributed by atoms with Crippen molar-refractivity contribution in [1.82, 2.24) is 9.97 Å². The van der Waals surface area contributed by atoms with Gasteiger partial charge in [0, 0.05) is 23.6 Å². The van der Waals surface area contributed by atoms with Crippen LogP contribution in [0.1, 0.15) is 22.8 Å². The number of sulfonamides is 1. The maximum absolute atomic E-state index is 12.4. The van der Waals surface area contributed by atoms with Crippen LogP contribution in [0, 0.1) is 0 Å². The number of hydrogen-bond donors (Lipinski definition) is 2. The Morgan fingerprint density at radius 3 is 2.38 bits per heavy atom. The molecule has 0 fully saturated rings. The van der Waals surface area contributed by atoms with Crippen LogP contribution in [-0.2, 0) is 19.6 Å². The molecule has 2 heterocycles. The maximum atomic E-state index is 12.4. The van der Waals surface area contributed by atoms with Gasteiger partial charge in [-0.1, -0.05) is 12.1 Å². The van der Waals surface area contributed by atoms with E-state index in [0.717, 1.165) is 0 Å². The fourth-order valence-electron chi connectivity index (χ4n) is 2.88. The molecule has 1 aromatic heterocycles. The summed E-state index contributed by atoms with van der Waals surface area (Å²) < 4.78 is 33.2. The predicted octanol–water partition coefficient (Wildman–Crippen LogP) is 2.22. The third-order valence-corrected chi connectivity index (χ3v) is 5.80. The number of nitrogens with one attached hydrogen (secondary N) is 2. The number of esters is 1. The zero-order chi connectivity index (χ0) is 22.7. The number of aromatic nitrogens is 2. The number of amidine groups is 1. The molecular formula is C21H17N5O5S. The summed E-state index contributed by atoms with van der Waals surface area (Å²) >= 11 is 0. The first-order valence-electron chi connectivity index (χ1n) is 9.44. The molecule has 2 aromatic carbocycles. The fraction of sp³-hybridized carbons (Fsp3) is 0.0952. The average Bonchev–Trinajstić information content (AvgIpc) is 3.05. The van der Waals surface area contributed by atoms with E-state index in [9.17, 15) is 18.0 Å². The Morgan fingerprint density at radius 1 is 0.969 bits per heavy atom. The molecule has 3 aromatic rings. The van der Waals surface area contributed by atoms with Gasteiger partial charge < -0.3 is 10.1 Å². The van der Waals surface area contributed by atoms with E-state index in [2.05, 4.69) is 25.0 Å². The molecule has 0 spiro atoms. The Kier molecular flexibility index (Phi) is 5.65. The van der Waals surface area contributed by atoms with Crippen molar-refractivity contribution in [3.8, 4) is 0 Å². The SMILES string of the molecule is CC(OC(=O)c1ccc(NC2=NS(=O)(=O)c3ccccc32)cc1)C(=O)Nc1ncccn1. The van der Waals surface area contributed by atoms with Gasteiger partial charge in [-0.05, 0) is 49.4 Å². The molecule has 0 saturated carbocycles. The molecule has 4 rings (SSSR count). The molecule has 1 aliphatic heterocycles. The van der Waals surface area contributed by atoms with Crippen LogP contribution in [0.25, 0.3) is 0 Å². The molecule has 162 valence electrons. The monoisotopic (exact) mass is 451 g/mol. The quantitative estimate of drug-likeness (QED) is 0.563. The maximum Gasteiger partial charge on any atom is 0.338 e. The zero-order valence-corrected chi connectivity index (χ0v) is 17.5. The third-order valence-electron chi connectivity index (χ3n) is 4.47. The second-order valence-electron chi connectivity index (χ2n) is 6.72. The van der Waals surface area contributed by atoms with Crippen LogP contribution < -0.4 is 10.6 Å². The summed E-state index contributed by atoms with van der Waals surface area (Å²) in [6, 6.07) is 14.2. The smallest absolute Gasteiger partial charge is 0.338 e. The molecule has 2 N–H and O–H groups in total. The molecular weight excluding hydrogens is 434 g/mol. The minimum absolute atomic E-state index is 0.106. The Balaban J connectivity index is 1.39. The Morgan fingerprint density at radius 2 is 1.66 bits per heavy atom. The van der Waals surface area contributed by atoms with Crippen LogP contribution in [0.2, 0.25) is 0 Å². The van der Waals surface area contributed by atoms with Gasteiger partial charge in [-0.2, -0.15) is 8.42 Å². The summed E-state index contributed by atoms with van der Waals surface area (Å²) in [6.07, 6.45) is 1.87. The number of hydrogen-bond acceptors (Lipinski definition) is 8. The molecule has 1 aliphatic rings. The zero-order valence-electron chi connectivity index (χ0n) is 16.7.